The van der Waals surface area contributed by atoms with E-state index in [1.165, 1.54) is 0 Å². The quantitative estimate of drug-likeness (QED) is 0.878. The Balaban J connectivity index is 1.68. The van der Waals surface area contributed by atoms with Gasteiger partial charge >= 0.3 is 0 Å². The standard InChI is InChI=1S/C19H27NO3/c21-18-8-4-7-16(18)19(22)20-17(15-5-2-1-3-6-15)13-14-9-11-23-12-10-14/h1-3,5-6,14,16-18,21H,4,7-13H2,(H,20,22). The van der Waals surface area contributed by atoms with Crippen molar-refractivity contribution in [1.29, 1.82) is 0 Å². The SMILES string of the molecule is O=C(NC(CC1CCOCC1)c1ccccc1)C1CCCC1O. The van der Waals surface area contributed by atoms with Crippen LogP contribution in [-0.2, 0) is 9.53 Å². The number of hydrogen-bond acceptors (Lipinski definition) is 3. The van der Waals surface area contributed by atoms with Crippen LogP contribution in [0.15, 0.2) is 30.3 Å². The van der Waals surface area contributed by atoms with Gasteiger partial charge in [-0.2, -0.15) is 0 Å². The fourth-order valence-electron chi connectivity index (χ4n) is 3.80. The molecule has 1 aliphatic carbocycles. The van der Waals surface area contributed by atoms with Crippen molar-refractivity contribution in [3.63, 3.8) is 0 Å². The van der Waals surface area contributed by atoms with Crippen molar-refractivity contribution in [2.75, 3.05) is 13.2 Å². The van der Waals surface area contributed by atoms with Crippen LogP contribution in [-0.4, -0.2) is 30.3 Å². The lowest BCUT2D eigenvalue weighted by Crippen LogP contribution is -2.38. The van der Waals surface area contributed by atoms with Gasteiger partial charge in [-0.25, -0.2) is 0 Å². The zero-order chi connectivity index (χ0) is 16.1. The molecule has 0 aromatic heterocycles. The van der Waals surface area contributed by atoms with Gasteiger partial charge in [0.15, 0.2) is 0 Å². The fourth-order valence-corrected chi connectivity index (χ4v) is 3.80. The second-order valence-corrected chi connectivity index (χ2v) is 6.87. The Kier molecular flexibility index (Phi) is 5.68. The number of benzene rings is 1. The lowest BCUT2D eigenvalue weighted by Gasteiger charge is -2.28. The van der Waals surface area contributed by atoms with Gasteiger partial charge in [-0.05, 0) is 50.0 Å². The van der Waals surface area contributed by atoms with E-state index in [2.05, 4.69) is 17.4 Å². The molecule has 0 spiro atoms. The third-order valence-electron chi connectivity index (χ3n) is 5.24. The van der Waals surface area contributed by atoms with E-state index in [4.69, 9.17) is 4.74 Å². The van der Waals surface area contributed by atoms with E-state index in [0.717, 1.165) is 57.3 Å². The molecule has 1 saturated heterocycles. The van der Waals surface area contributed by atoms with Gasteiger partial charge in [0.25, 0.3) is 0 Å². The molecule has 0 radical (unpaired) electrons. The summed E-state index contributed by atoms with van der Waals surface area (Å²) in [5.74, 6) is 0.356. The molecule has 4 nitrogen and oxygen atoms in total. The Morgan fingerprint density at radius 2 is 1.91 bits per heavy atom. The van der Waals surface area contributed by atoms with Crippen LogP contribution in [0.3, 0.4) is 0 Å². The van der Waals surface area contributed by atoms with Gasteiger partial charge in [0.2, 0.25) is 5.91 Å². The highest BCUT2D eigenvalue weighted by Gasteiger charge is 2.33. The highest BCUT2D eigenvalue weighted by molar-refractivity contribution is 5.80. The molecule has 1 aromatic rings. The third kappa shape index (κ3) is 4.33. The fraction of sp³-hybridized carbons (Fsp3) is 0.632. The normalized spacial score (nSPS) is 26.8. The maximum atomic E-state index is 12.6. The van der Waals surface area contributed by atoms with Crippen LogP contribution >= 0.6 is 0 Å². The van der Waals surface area contributed by atoms with Gasteiger partial charge in [0.05, 0.1) is 18.1 Å². The molecule has 2 N–H and O–H groups in total. The van der Waals surface area contributed by atoms with Gasteiger partial charge in [0.1, 0.15) is 0 Å². The van der Waals surface area contributed by atoms with E-state index >= 15 is 0 Å². The van der Waals surface area contributed by atoms with Gasteiger partial charge in [0, 0.05) is 13.2 Å². The monoisotopic (exact) mass is 317 g/mol. The van der Waals surface area contributed by atoms with Crippen LogP contribution < -0.4 is 5.32 Å². The zero-order valence-corrected chi connectivity index (χ0v) is 13.6. The maximum Gasteiger partial charge on any atom is 0.226 e. The van der Waals surface area contributed by atoms with Crippen LogP contribution in [0, 0.1) is 11.8 Å². The molecule has 0 bridgehead atoms. The highest BCUT2D eigenvalue weighted by Crippen LogP contribution is 2.30. The molecule has 23 heavy (non-hydrogen) atoms. The first kappa shape index (κ1) is 16.5. The van der Waals surface area contributed by atoms with Crippen molar-refractivity contribution in [3.05, 3.63) is 35.9 Å². The van der Waals surface area contributed by atoms with Crippen LogP contribution in [0.4, 0.5) is 0 Å². The summed E-state index contributed by atoms with van der Waals surface area (Å²) >= 11 is 0. The van der Waals surface area contributed by atoms with E-state index in [-0.39, 0.29) is 17.9 Å². The van der Waals surface area contributed by atoms with Crippen molar-refractivity contribution in [3.8, 4) is 0 Å². The van der Waals surface area contributed by atoms with Crippen molar-refractivity contribution in [1.82, 2.24) is 5.32 Å². The predicted molar refractivity (Wildman–Crippen MR) is 88.8 cm³/mol. The Morgan fingerprint density at radius 3 is 2.57 bits per heavy atom. The Morgan fingerprint density at radius 1 is 1.17 bits per heavy atom. The summed E-state index contributed by atoms with van der Waals surface area (Å²) in [6.07, 6.45) is 5.07. The molecule has 2 fully saturated rings. The van der Waals surface area contributed by atoms with Crippen LogP contribution in [0.1, 0.15) is 50.1 Å². The Hall–Kier alpha value is -1.39. The number of nitrogens with one attached hydrogen (secondary N) is 1. The van der Waals surface area contributed by atoms with Crippen molar-refractivity contribution in [2.24, 2.45) is 11.8 Å². The van der Waals surface area contributed by atoms with Gasteiger partial charge < -0.3 is 15.2 Å². The number of rotatable bonds is 5. The van der Waals surface area contributed by atoms with Gasteiger partial charge in [-0.15, -0.1) is 0 Å². The van der Waals surface area contributed by atoms with E-state index in [1.807, 2.05) is 18.2 Å². The molecular weight excluding hydrogens is 290 g/mol. The first-order valence-corrected chi connectivity index (χ1v) is 8.85. The summed E-state index contributed by atoms with van der Waals surface area (Å²) in [7, 11) is 0. The van der Waals surface area contributed by atoms with Crippen molar-refractivity contribution < 1.29 is 14.6 Å². The third-order valence-corrected chi connectivity index (χ3v) is 5.24. The molecule has 2 aliphatic rings. The van der Waals surface area contributed by atoms with Crippen LogP contribution in [0.2, 0.25) is 0 Å². The summed E-state index contributed by atoms with van der Waals surface area (Å²) in [5.41, 5.74) is 1.15. The number of aliphatic hydroxyl groups is 1. The zero-order valence-electron chi connectivity index (χ0n) is 13.6. The second-order valence-electron chi connectivity index (χ2n) is 6.87. The van der Waals surface area contributed by atoms with E-state index in [0.29, 0.717) is 5.92 Å². The molecular formula is C19H27NO3. The summed E-state index contributed by atoms with van der Waals surface area (Å²) in [6.45, 7) is 1.64. The molecule has 1 heterocycles. The molecule has 126 valence electrons. The summed E-state index contributed by atoms with van der Waals surface area (Å²) in [6, 6.07) is 10.2. The Labute approximate surface area is 138 Å². The molecule has 1 aliphatic heterocycles. The molecule has 3 rings (SSSR count). The maximum absolute atomic E-state index is 12.6. The smallest absolute Gasteiger partial charge is 0.226 e. The first-order chi connectivity index (χ1) is 11.2. The van der Waals surface area contributed by atoms with Gasteiger partial charge in [-0.1, -0.05) is 30.3 Å². The number of carbonyl (C=O) groups is 1. The number of hydrogen-bond donors (Lipinski definition) is 2. The van der Waals surface area contributed by atoms with E-state index in [1.54, 1.807) is 0 Å². The number of aliphatic hydroxyl groups excluding tert-OH is 1. The molecule has 3 unspecified atom stereocenters. The van der Waals surface area contributed by atoms with E-state index in [9.17, 15) is 9.90 Å². The highest BCUT2D eigenvalue weighted by atomic mass is 16.5. The minimum atomic E-state index is -0.477. The summed E-state index contributed by atoms with van der Waals surface area (Å²) < 4.78 is 5.44. The largest absolute Gasteiger partial charge is 0.392 e. The average molecular weight is 317 g/mol. The predicted octanol–water partition coefficient (Wildman–Crippen LogP) is 2.82. The molecule has 3 atom stereocenters. The van der Waals surface area contributed by atoms with E-state index < -0.39 is 6.10 Å². The Bertz CT molecular complexity index is 499. The molecule has 1 aromatic carbocycles. The van der Waals surface area contributed by atoms with Gasteiger partial charge in [-0.3, -0.25) is 4.79 Å². The molecule has 1 amide bonds. The number of amides is 1. The minimum absolute atomic E-state index is 0.0101. The first-order valence-electron chi connectivity index (χ1n) is 8.85. The number of ether oxygens (including phenoxy) is 1. The minimum Gasteiger partial charge on any atom is -0.392 e. The lowest BCUT2D eigenvalue weighted by molar-refractivity contribution is -0.128. The lowest BCUT2D eigenvalue weighted by atomic mass is 9.89. The second kappa shape index (κ2) is 7.93. The van der Waals surface area contributed by atoms with Crippen LogP contribution in [0.5, 0.6) is 0 Å². The molecule has 1 saturated carbocycles. The van der Waals surface area contributed by atoms with Crippen molar-refractivity contribution in [2.45, 2.75) is 50.7 Å². The molecule has 4 heteroatoms. The van der Waals surface area contributed by atoms with Crippen LogP contribution in [0.25, 0.3) is 0 Å². The number of carbonyl (C=O) groups excluding carboxylic acids is 1. The topological polar surface area (TPSA) is 58.6 Å². The summed E-state index contributed by atoms with van der Waals surface area (Å²) in [4.78, 5) is 12.6. The average Bonchev–Trinajstić information content (AvgIpc) is 3.02. The van der Waals surface area contributed by atoms with Crippen molar-refractivity contribution >= 4 is 5.91 Å². The summed E-state index contributed by atoms with van der Waals surface area (Å²) in [5, 5.41) is 13.2.